The second-order valence-electron chi connectivity index (χ2n) is 5.03. The van der Waals surface area contributed by atoms with Gasteiger partial charge < -0.3 is 14.8 Å². The standard InChI is InChI=1S/C18H15ClN2O3/c1-23-14-4-3-5-15(24-2)16(14)17-20-13(18(22)21-17)10-11-6-8-12(19)9-7-11/h3-10H,1-2H3,(H,20,21,22)/b13-10+. The molecule has 3 rings (SSSR count). The molecule has 5 nitrogen and oxygen atoms in total. The van der Waals surface area contributed by atoms with Gasteiger partial charge in [0.1, 0.15) is 28.6 Å². The third-order valence-electron chi connectivity index (χ3n) is 3.53. The smallest absolute Gasteiger partial charge is 0.275 e. The van der Waals surface area contributed by atoms with Crippen molar-refractivity contribution in [3.8, 4) is 11.5 Å². The van der Waals surface area contributed by atoms with Crippen LogP contribution in [0.15, 0.2) is 53.2 Å². The fraction of sp³-hybridized carbons (Fsp3) is 0.111. The Morgan fingerprint density at radius 3 is 2.25 bits per heavy atom. The zero-order valence-electron chi connectivity index (χ0n) is 13.2. The molecule has 0 saturated carbocycles. The number of hydrogen-bond acceptors (Lipinski definition) is 4. The van der Waals surface area contributed by atoms with Crippen LogP contribution in [0.2, 0.25) is 5.02 Å². The Morgan fingerprint density at radius 2 is 1.67 bits per heavy atom. The van der Waals surface area contributed by atoms with Gasteiger partial charge in [-0.15, -0.1) is 0 Å². The molecule has 0 bridgehead atoms. The second-order valence-corrected chi connectivity index (χ2v) is 5.47. The molecule has 0 aromatic heterocycles. The maximum atomic E-state index is 12.2. The molecule has 1 aliphatic rings. The molecule has 0 radical (unpaired) electrons. The van der Waals surface area contributed by atoms with E-state index >= 15 is 0 Å². The quantitative estimate of drug-likeness (QED) is 0.867. The van der Waals surface area contributed by atoms with Crippen molar-refractivity contribution in [1.82, 2.24) is 5.32 Å². The maximum Gasteiger partial charge on any atom is 0.275 e. The summed E-state index contributed by atoms with van der Waals surface area (Å²) in [5.74, 6) is 1.25. The van der Waals surface area contributed by atoms with Gasteiger partial charge in [-0.25, -0.2) is 4.99 Å². The molecule has 1 N–H and O–H groups in total. The lowest BCUT2D eigenvalue weighted by Crippen LogP contribution is -2.25. The number of ether oxygens (including phenoxy) is 2. The molecule has 1 aliphatic heterocycles. The van der Waals surface area contributed by atoms with Crippen molar-refractivity contribution in [3.05, 3.63) is 64.3 Å². The summed E-state index contributed by atoms with van der Waals surface area (Å²) in [6.07, 6.45) is 1.69. The minimum atomic E-state index is -0.284. The highest BCUT2D eigenvalue weighted by molar-refractivity contribution is 6.30. The normalized spacial score (nSPS) is 15.2. The summed E-state index contributed by atoms with van der Waals surface area (Å²) in [4.78, 5) is 16.6. The topological polar surface area (TPSA) is 59.9 Å². The zero-order valence-corrected chi connectivity index (χ0v) is 13.9. The zero-order chi connectivity index (χ0) is 17.1. The highest BCUT2D eigenvalue weighted by Crippen LogP contribution is 2.30. The Morgan fingerprint density at radius 1 is 1.04 bits per heavy atom. The molecule has 2 aromatic carbocycles. The molecule has 1 amide bonds. The van der Waals surface area contributed by atoms with Crippen LogP contribution in [0.3, 0.4) is 0 Å². The molecule has 0 fully saturated rings. The Labute approximate surface area is 144 Å². The number of amidine groups is 1. The predicted octanol–water partition coefficient (Wildman–Crippen LogP) is 3.27. The monoisotopic (exact) mass is 342 g/mol. The Hall–Kier alpha value is -2.79. The van der Waals surface area contributed by atoms with Gasteiger partial charge in [-0.1, -0.05) is 29.8 Å². The third kappa shape index (κ3) is 3.12. The van der Waals surface area contributed by atoms with Crippen LogP contribution in [-0.4, -0.2) is 26.0 Å². The number of benzene rings is 2. The molecule has 0 spiro atoms. The molecule has 2 aromatic rings. The number of methoxy groups -OCH3 is 2. The van der Waals surface area contributed by atoms with Crippen molar-refractivity contribution in [1.29, 1.82) is 0 Å². The predicted molar refractivity (Wildman–Crippen MR) is 93.7 cm³/mol. The van der Waals surface area contributed by atoms with Crippen LogP contribution in [-0.2, 0) is 4.79 Å². The molecule has 0 saturated heterocycles. The number of rotatable bonds is 4. The fourth-order valence-electron chi connectivity index (χ4n) is 2.39. The number of nitrogens with zero attached hydrogens (tertiary/aromatic N) is 1. The van der Waals surface area contributed by atoms with Crippen molar-refractivity contribution >= 4 is 29.4 Å². The summed E-state index contributed by atoms with van der Waals surface area (Å²) in [6.45, 7) is 0. The number of aliphatic imine (C=N–C) groups is 1. The van der Waals surface area contributed by atoms with Crippen molar-refractivity contribution in [3.63, 3.8) is 0 Å². The van der Waals surface area contributed by atoms with E-state index in [1.165, 1.54) is 0 Å². The summed E-state index contributed by atoms with van der Waals surface area (Å²) in [6, 6.07) is 12.5. The first kappa shape index (κ1) is 16.1. The van der Waals surface area contributed by atoms with Gasteiger partial charge in [0.15, 0.2) is 0 Å². The molecule has 6 heteroatoms. The minimum absolute atomic E-state index is 0.284. The average molecular weight is 343 g/mol. The Kier molecular flexibility index (Phi) is 4.53. The number of carbonyl (C=O) groups is 1. The highest BCUT2D eigenvalue weighted by Gasteiger charge is 2.26. The largest absolute Gasteiger partial charge is 0.496 e. The number of carbonyl (C=O) groups excluding carboxylic acids is 1. The molecular weight excluding hydrogens is 328 g/mol. The second kappa shape index (κ2) is 6.76. The lowest BCUT2D eigenvalue weighted by Gasteiger charge is -2.12. The highest BCUT2D eigenvalue weighted by atomic mass is 35.5. The van der Waals surface area contributed by atoms with E-state index in [4.69, 9.17) is 21.1 Å². The van der Waals surface area contributed by atoms with E-state index in [9.17, 15) is 4.79 Å². The Balaban J connectivity index is 2.02. The first-order chi connectivity index (χ1) is 11.6. The van der Waals surface area contributed by atoms with Crippen molar-refractivity contribution in [2.24, 2.45) is 4.99 Å². The molecule has 1 heterocycles. The maximum absolute atomic E-state index is 12.2. The van der Waals surface area contributed by atoms with E-state index in [1.54, 1.807) is 44.6 Å². The molecular formula is C18H15ClN2O3. The van der Waals surface area contributed by atoms with Crippen molar-refractivity contribution in [2.75, 3.05) is 14.2 Å². The molecule has 0 aliphatic carbocycles. The fourth-order valence-corrected chi connectivity index (χ4v) is 2.51. The lowest BCUT2D eigenvalue weighted by atomic mass is 10.1. The van der Waals surface area contributed by atoms with E-state index < -0.39 is 0 Å². The van der Waals surface area contributed by atoms with Gasteiger partial charge in [0.25, 0.3) is 5.91 Å². The first-order valence-electron chi connectivity index (χ1n) is 7.21. The van der Waals surface area contributed by atoms with Gasteiger partial charge in [-0.3, -0.25) is 4.79 Å². The van der Waals surface area contributed by atoms with E-state index in [0.717, 1.165) is 5.56 Å². The lowest BCUT2D eigenvalue weighted by molar-refractivity contribution is -0.115. The summed E-state index contributed by atoms with van der Waals surface area (Å²) < 4.78 is 10.7. The van der Waals surface area contributed by atoms with Gasteiger partial charge in [0.05, 0.1) is 14.2 Å². The van der Waals surface area contributed by atoms with Crippen LogP contribution in [0.1, 0.15) is 11.1 Å². The third-order valence-corrected chi connectivity index (χ3v) is 3.79. The van der Waals surface area contributed by atoms with Gasteiger partial charge in [0.2, 0.25) is 0 Å². The molecule has 122 valence electrons. The minimum Gasteiger partial charge on any atom is -0.496 e. The van der Waals surface area contributed by atoms with E-state index in [1.807, 2.05) is 18.2 Å². The molecule has 0 unspecified atom stereocenters. The number of nitrogens with one attached hydrogen (secondary N) is 1. The summed E-state index contributed by atoms with van der Waals surface area (Å²) >= 11 is 5.87. The molecule has 0 atom stereocenters. The summed E-state index contributed by atoms with van der Waals surface area (Å²) in [5.41, 5.74) is 1.75. The van der Waals surface area contributed by atoms with Crippen LogP contribution in [0, 0.1) is 0 Å². The van der Waals surface area contributed by atoms with Crippen molar-refractivity contribution in [2.45, 2.75) is 0 Å². The van der Waals surface area contributed by atoms with Crippen LogP contribution in [0.25, 0.3) is 6.08 Å². The van der Waals surface area contributed by atoms with Gasteiger partial charge >= 0.3 is 0 Å². The molecule has 24 heavy (non-hydrogen) atoms. The first-order valence-corrected chi connectivity index (χ1v) is 7.59. The van der Waals surface area contributed by atoms with Crippen LogP contribution < -0.4 is 14.8 Å². The van der Waals surface area contributed by atoms with Crippen LogP contribution >= 0.6 is 11.6 Å². The van der Waals surface area contributed by atoms with Gasteiger partial charge in [-0.2, -0.15) is 0 Å². The average Bonchev–Trinajstić information content (AvgIpc) is 2.96. The van der Waals surface area contributed by atoms with Crippen molar-refractivity contribution < 1.29 is 14.3 Å². The number of amides is 1. The summed E-state index contributed by atoms with van der Waals surface area (Å²) in [7, 11) is 3.11. The van der Waals surface area contributed by atoms with Crippen LogP contribution in [0.5, 0.6) is 11.5 Å². The van der Waals surface area contributed by atoms with Gasteiger partial charge in [-0.05, 0) is 35.9 Å². The number of hydrogen-bond donors (Lipinski definition) is 1. The summed E-state index contributed by atoms with van der Waals surface area (Å²) in [5, 5.41) is 3.39. The van der Waals surface area contributed by atoms with E-state index in [-0.39, 0.29) is 5.91 Å². The van der Waals surface area contributed by atoms with Crippen LogP contribution in [0.4, 0.5) is 0 Å². The number of halogens is 1. The van der Waals surface area contributed by atoms with E-state index in [2.05, 4.69) is 10.3 Å². The van der Waals surface area contributed by atoms with E-state index in [0.29, 0.717) is 33.6 Å². The Bertz CT molecular complexity index is 820. The SMILES string of the molecule is COc1cccc(OC)c1C1=N/C(=C/c2ccc(Cl)cc2)C(=O)N1. The van der Waals surface area contributed by atoms with Gasteiger partial charge in [0, 0.05) is 5.02 Å².